The fraction of sp³-hybridized carbons (Fsp3) is 0.500. The minimum absolute atomic E-state index is 0.0904. The average Bonchev–Trinajstić information content (AvgIpc) is 2.72. The van der Waals surface area contributed by atoms with Crippen LogP contribution >= 0.6 is 0 Å². The Labute approximate surface area is 169 Å². The van der Waals surface area contributed by atoms with Crippen LogP contribution in [0.3, 0.4) is 0 Å². The molecule has 1 spiro atoms. The number of rotatable bonds is 7. The molecular weight excluding hydrogens is 408 g/mol. The van der Waals surface area contributed by atoms with E-state index in [0.29, 0.717) is 0 Å². The molecule has 1 unspecified atom stereocenters. The normalized spacial score (nSPS) is 18.3. The van der Waals surface area contributed by atoms with Crippen molar-refractivity contribution in [1.29, 1.82) is 0 Å². The van der Waals surface area contributed by atoms with E-state index < -0.39 is 52.4 Å². The van der Waals surface area contributed by atoms with Crippen molar-refractivity contribution >= 4 is 47.9 Å². The van der Waals surface area contributed by atoms with E-state index in [4.69, 9.17) is 5.11 Å². The number of carboxylic acid groups (broad SMARTS) is 1. The molecular formula is C16H20N4O10. The molecule has 2 aliphatic rings. The van der Waals surface area contributed by atoms with E-state index in [2.05, 4.69) is 10.1 Å². The van der Waals surface area contributed by atoms with Crippen LogP contribution in [0, 0.1) is 5.41 Å². The number of imide groups is 2. The number of carboxylic acids is 1. The highest BCUT2D eigenvalue weighted by molar-refractivity contribution is 6.52. The largest absolute Gasteiger partial charge is 0.477 e. The minimum atomic E-state index is -2.88. The number of ether oxygens (including phenoxy) is 1. The second-order valence-electron chi connectivity index (χ2n) is 5.91. The quantitative estimate of drug-likeness (QED) is 0.206. The standard InChI is InChI=1S/C8H12N2O6.C8H8N2O4/c1-3-10-6(13)8(7(14)15,16-4-11)5(12)9-2;1-3-10-6(13)8(7(10)14)4(11)9(2)5(8)12/h4H,3H2,1-2H3,(H,9,12)(H,10,13)(H,14,15);3H2,1-2H3. The molecule has 2 saturated heterocycles. The molecule has 0 radical (unpaired) electrons. The third-order valence-corrected chi connectivity index (χ3v) is 4.43. The van der Waals surface area contributed by atoms with Crippen molar-refractivity contribution in [3.63, 3.8) is 0 Å². The van der Waals surface area contributed by atoms with Gasteiger partial charge in [-0.2, -0.15) is 0 Å². The van der Waals surface area contributed by atoms with Crippen LogP contribution in [-0.4, -0.2) is 95.6 Å². The number of nitrogens with one attached hydrogen (secondary N) is 2. The summed E-state index contributed by atoms with van der Waals surface area (Å²) in [6, 6.07) is 0. The van der Waals surface area contributed by atoms with Gasteiger partial charge in [-0.15, -0.1) is 0 Å². The zero-order valence-corrected chi connectivity index (χ0v) is 16.5. The summed E-state index contributed by atoms with van der Waals surface area (Å²) >= 11 is 0. The number of amides is 6. The molecule has 2 fully saturated rings. The van der Waals surface area contributed by atoms with Crippen LogP contribution < -0.4 is 10.6 Å². The minimum Gasteiger partial charge on any atom is -0.477 e. The van der Waals surface area contributed by atoms with Crippen molar-refractivity contribution in [2.24, 2.45) is 5.41 Å². The van der Waals surface area contributed by atoms with E-state index in [9.17, 15) is 38.4 Å². The molecule has 6 amide bonds. The van der Waals surface area contributed by atoms with Crippen molar-refractivity contribution in [1.82, 2.24) is 20.4 Å². The Hall–Kier alpha value is -3.84. The number of likely N-dealkylation sites (N-methyl/N-ethyl adjacent to an activating group) is 2. The summed E-state index contributed by atoms with van der Waals surface area (Å²) in [5.74, 6) is -7.10. The van der Waals surface area contributed by atoms with Gasteiger partial charge in [0.2, 0.25) is 0 Å². The summed E-state index contributed by atoms with van der Waals surface area (Å²) in [6.45, 7) is 3.16. The molecule has 30 heavy (non-hydrogen) atoms. The van der Waals surface area contributed by atoms with Gasteiger partial charge in [0.25, 0.3) is 47.3 Å². The van der Waals surface area contributed by atoms with E-state index >= 15 is 0 Å². The molecule has 2 rings (SSSR count). The maximum atomic E-state index is 11.5. The van der Waals surface area contributed by atoms with Gasteiger partial charge in [0.05, 0.1) is 0 Å². The lowest BCUT2D eigenvalue weighted by Crippen LogP contribution is -2.83. The van der Waals surface area contributed by atoms with Crippen molar-refractivity contribution in [2.75, 3.05) is 27.2 Å². The zero-order chi connectivity index (χ0) is 23.4. The molecule has 0 aromatic rings. The zero-order valence-electron chi connectivity index (χ0n) is 16.5. The lowest BCUT2D eigenvalue weighted by Gasteiger charge is -2.51. The van der Waals surface area contributed by atoms with Gasteiger partial charge in [-0.25, -0.2) is 4.79 Å². The van der Waals surface area contributed by atoms with Gasteiger partial charge in [-0.3, -0.25) is 43.4 Å². The first-order valence-electron chi connectivity index (χ1n) is 8.50. The highest BCUT2D eigenvalue weighted by Crippen LogP contribution is 2.43. The molecule has 0 aromatic carbocycles. The topological polar surface area (TPSA) is 197 Å². The van der Waals surface area contributed by atoms with E-state index in [-0.39, 0.29) is 19.6 Å². The van der Waals surface area contributed by atoms with Gasteiger partial charge < -0.3 is 20.5 Å². The highest BCUT2D eigenvalue weighted by Gasteiger charge is 2.79. The third kappa shape index (κ3) is 3.05. The number of β-lactam (4-membered cyclic amide) rings is 4. The van der Waals surface area contributed by atoms with Gasteiger partial charge in [0, 0.05) is 27.2 Å². The fourth-order valence-electron chi connectivity index (χ4n) is 2.81. The number of nitrogens with zero attached hydrogens (tertiary/aromatic N) is 2. The maximum Gasteiger partial charge on any atom is 0.368 e. The summed E-state index contributed by atoms with van der Waals surface area (Å²) in [5.41, 5.74) is -4.86. The Morgan fingerprint density at radius 3 is 1.90 bits per heavy atom. The average molecular weight is 428 g/mol. The molecule has 2 aliphatic heterocycles. The number of hydrogen-bond acceptors (Lipinski definition) is 9. The van der Waals surface area contributed by atoms with Crippen LogP contribution in [0.2, 0.25) is 0 Å². The van der Waals surface area contributed by atoms with Crippen LogP contribution in [0.25, 0.3) is 0 Å². The van der Waals surface area contributed by atoms with Crippen molar-refractivity contribution < 1.29 is 48.2 Å². The fourth-order valence-corrected chi connectivity index (χ4v) is 2.81. The number of carbonyl (C=O) groups excluding carboxylic acids is 7. The summed E-state index contributed by atoms with van der Waals surface area (Å²) in [6.07, 6.45) is 0. The molecule has 164 valence electrons. The summed E-state index contributed by atoms with van der Waals surface area (Å²) in [5, 5.41) is 12.9. The van der Waals surface area contributed by atoms with Crippen molar-refractivity contribution in [3.8, 4) is 0 Å². The van der Waals surface area contributed by atoms with E-state index in [1.54, 1.807) is 6.92 Å². The van der Waals surface area contributed by atoms with E-state index in [1.807, 2.05) is 5.32 Å². The van der Waals surface area contributed by atoms with Gasteiger partial charge in [-0.1, -0.05) is 0 Å². The second kappa shape index (κ2) is 8.67. The first kappa shape index (κ1) is 24.2. The lowest BCUT2D eigenvalue weighted by molar-refractivity contribution is -0.198. The molecule has 14 heteroatoms. The van der Waals surface area contributed by atoms with Gasteiger partial charge in [0.15, 0.2) is 0 Å². The molecule has 0 aliphatic carbocycles. The van der Waals surface area contributed by atoms with Crippen LogP contribution in [0.4, 0.5) is 0 Å². The second-order valence-corrected chi connectivity index (χ2v) is 5.91. The van der Waals surface area contributed by atoms with Crippen molar-refractivity contribution in [3.05, 3.63) is 0 Å². The monoisotopic (exact) mass is 428 g/mol. The third-order valence-electron chi connectivity index (χ3n) is 4.43. The number of carbonyl (C=O) groups is 8. The predicted octanol–water partition coefficient (Wildman–Crippen LogP) is -3.77. The SMILES string of the molecule is CCN1C(=O)C2(C(=O)N(C)C2=O)C1=O.CCNC(=O)C(OC=O)(C(=O)O)C(=O)NC. The van der Waals surface area contributed by atoms with E-state index in [1.165, 1.54) is 14.0 Å². The summed E-state index contributed by atoms with van der Waals surface area (Å²) in [4.78, 5) is 91.0. The van der Waals surface area contributed by atoms with Crippen LogP contribution in [-0.2, 0) is 43.1 Å². The number of likely N-dealkylation sites (tertiary alicyclic amines) is 2. The molecule has 0 aromatic heterocycles. The Kier molecular flexibility index (Phi) is 6.99. The number of hydrogen-bond donors (Lipinski definition) is 3. The van der Waals surface area contributed by atoms with Crippen LogP contribution in [0.15, 0.2) is 0 Å². The van der Waals surface area contributed by atoms with Crippen molar-refractivity contribution in [2.45, 2.75) is 19.4 Å². The van der Waals surface area contributed by atoms with Gasteiger partial charge >= 0.3 is 11.6 Å². The number of aliphatic carboxylic acids is 1. The summed E-state index contributed by atoms with van der Waals surface area (Å²) < 4.78 is 4.15. The summed E-state index contributed by atoms with van der Waals surface area (Å²) in [7, 11) is 2.37. The molecule has 0 saturated carbocycles. The van der Waals surface area contributed by atoms with Gasteiger partial charge in [-0.05, 0) is 13.8 Å². The predicted molar refractivity (Wildman–Crippen MR) is 92.9 cm³/mol. The Bertz CT molecular complexity index is 804. The first-order valence-corrected chi connectivity index (χ1v) is 8.50. The maximum absolute atomic E-state index is 11.5. The highest BCUT2D eigenvalue weighted by atomic mass is 16.6. The molecule has 0 bridgehead atoms. The van der Waals surface area contributed by atoms with E-state index in [0.717, 1.165) is 16.8 Å². The van der Waals surface area contributed by atoms with Crippen LogP contribution in [0.5, 0.6) is 0 Å². The molecule has 14 nitrogen and oxygen atoms in total. The molecule has 1 atom stereocenters. The lowest BCUT2D eigenvalue weighted by atomic mass is 9.69. The van der Waals surface area contributed by atoms with Crippen LogP contribution in [0.1, 0.15) is 13.8 Å². The first-order chi connectivity index (χ1) is 14.0. The Morgan fingerprint density at radius 1 is 1.07 bits per heavy atom. The van der Waals surface area contributed by atoms with Gasteiger partial charge in [0.1, 0.15) is 0 Å². The molecule has 2 heterocycles. The molecule has 3 N–H and O–H groups in total. The Balaban J connectivity index is 0.000000301. The Morgan fingerprint density at radius 2 is 1.57 bits per heavy atom. The smallest absolute Gasteiger partial charge is 0.368 e.